The molecular weight excluding hydrogens is 244 g/mol. The summed E-state index contributed by atoms with van der Waals surface area (Å²) in [7, 11) is -1.45. The van der Waals surface area contributed by atoms with Crippen molar-refractivity contribution in [1.82, 2.24) is 0 Å². The van der Waals surface area contributed by atoms with Crippen LogP contribution >= 0.6 is 0 Å². The Bertz CT molecular complexity index is 351. The van der Waals surface area contributed by atoms with E-state index in [4.69, 9.17) is 9.47 Å². The molecule has 0 radical (unpaired) electrons. The molecule has 5 heteroatoms. The second kappa shape index (κ2) is 6.73. The second-order valence-electron chi connectivity index (χ2n) is 4.96. The molecule has 0 aliphatic carbocycles. The average Bonchev–Trinajstić information content (AvgIpc) is 2.33. The molecule has 0 fully saturated rings. The van der Waals surface area contributed by atoms with Crippen molar-refractivity contribution in [2.75, 3.05) is 19.8 Å². The lowest BCUT2D eigenvalue weighted by Gasteiger charge is -2.26. The van der Waals surface area contributed by atoms with Crippen molar-refractivity contribution in [3.05, 3.63) is 12.3 Å². The summed E-state index contributed by atoms with van der Waals surface area (Å²) in [5, 5.41) is 0. The highest BCUT2D eigenvalue weighted by Gasteiger charge is 2.29. The van der Waals surface area contributed by atoms with Gasteiger partial charge in [-0.3, -0.25) is 0 Å². The normalized spacial score (nSPS) is 19.9. The molecule has 102 valence electrons. The molecule has 0 aromatic rings. The van der Waals surface area contributed by atoms with Crippen LogP contribution in [0, 0.1) is 0 Å². The van der Waals surface area contributed by atoms with Gasteiger partial charge in [-0.1, -0.05) is 13.1 Å². The third-order valence-corrected chi connectivity index (χ3v) is 5.37. The third-order valence-electron chi connectivity index (χ3n) is 2.83. The molecule has 0 saturated carbocycles. The number of ether oxygens (including phenoxy) is 2. The molecule has 1 aliphatic heterocycles. The fourth-order valence-corrected chi connectivity index (χ4v) is 3.20. The maximum atomic E-state index is 5.59. The summed E-state index contributed by atoms with van der Waals surface area (Å²) in [5.74, 6) is 1.48. The molecular formula is C13H24N2O2Si. The van der Waals surface area contributed by atoms with E-state index in [2.05, 4.69) is 35.4 Å². The molecule has 4 nitrogen and oxygen atoms in total. The highest BCUT2D eigenvalue weighted by atomic mass is 28.3. The topological polar surface area (TPSA) is 43.2 Å². The number of nitrogens with zero attached hydrogens (tertiary/aromatic N) is 2. The molecule has 1 heterocycles. The van der Waals surface area contributed by atoms with Crippen LogP contribution in [0.25, 0.3) is 0 Å². The Balaban J connectivity index is 2.80. The Morgan fingerprint density at radius 3 is 2.56 bits per heavy atom. The van der Waals surface area contributed by atoms with E-state index in [1.807, 2.05) is 13.8 Å². The summed E-state index contributed by atoms with van der Waals surface area (Å²) in [6.07, 6.45) is 0. The summed E-state index contributed by atoms with van der Waals surface area (Å²) in [5.41, 5.74) is 2.08. The van der Waals surface area contributed by atoms with Gasteiger partial charge in [0.1, 0.15) is 12.6 Å². The van der Waals surface area contributed by atoms with E-state index in [9.17, 15) is 0 Å². The van der Waals surface area contributed by atoms with Crippen LogP contribution in [-0.2, 0) is 9.47 Å². The lowest BCUT2D eigenvalue weighted by atomic mass is 10.3. The minimum absolute atomic E-state index is 0.0000772. The minimum atomic E-state index is -1.45. The second-order valence-corrected chi connectivity index (χ2v) is 9.75. The molecule has 0 bridgehead atoms. The maximum absolute atomic E-state index is 5.59. The number of hydrogen-bond acceptors (Lipinski definition) is 4. The summed E-state index contributed by atoms with van der Waals surface area (Å²) in [4.78, 5) is 9.08. The zero-order valence-electron chi connectivity index (χ0n) is 11.9. The van der Waals surface area contributed by atoms with Crippen LogP contribution in [0.5, 0.6) is 0 Å². The molecule has 0 saturated heterocycles. The SMILES string of the molecule is C=C[Si](C)(C)C[C@H]1N=C(OCC)CN=C1OCC. The lowest BCUT2D eigenvalue weighted by Crippen LogP contribution is -2.37. The van der Waals surface area contributed by atoms with Crippen LogP contribution in [0.1, 0.15) is 13.8 Å². The first kappa shape index (κ1) is 15.0. The van der Waals surface area contributed by atoms with Crippen molar-refractivity contribution in [3.63, 3.8) is 0 Å². The third kappa shape index (κ3) is 4.29. The van der Waals surface area contributed by atoms with E-state index in [1.165, 1.54) is 0 Å². The van der Waals surface area contributed by atoms with Gasteiger partial charge in [-0.2, -0.15) is 0 Å². The molecule has 1 rings (SSSR count). The summed E-state index contributed by atoms with van der Waals surface area (Å²) >= 11 is 0. The number of rotatable bonds is 5. The molecule has 0 aromatic carbocycles. The quantitative estimate of drug-likeness (QED) is 0.719. The molecule has 0 aromatic heterocycles. The Hall–Kier alpha value is -1.10. The molecule has 0 unspecified atom stereocenters. The van der Waals surface area contributed by atoms with E-state index >= 15 is 0 Å². The van der Waals surface area contributed by atoms with Crippen LogP contribution in [-0.4, -0.2) is 45.7 Å². The Morgan fingerprint density at radius 1 is 1.33 bits per heavy atom. The fraction of sp³-hybridized carbons (Fsp3) is 0.692. The van der Waals surface area contributed by atoms with Gasteiger partial charge >= 0.3 is 0 Å². The van der Waals surface area contributed by atoms with Crippen molar-refractivity contribution >= 4 is 19.9 Å². The molecule has 1 aliphatic rings. The molecule has 0 amide bonds. The van der Waals surface area contributed by atoms with Crippen molar-refractivity contribution in [1.29, 1.82) is 0 Å². The van der Waals surface area contributed by atoms with Crippen LogP contribution in [0.3, 0.4) is 0 Å². The van der Waals surface area contributed by atoms with Gasteiger partial charge in [0.05, 0.1) is 21.3 Å². The number of aliphatic imine (C=N–C) groups is 2. The van der Waals surface area contributed by atoms with Gasteiger partial charge in [-0.05, 0) is 19.9 Å². The van der Waals surface area contributed by atoms with Gasteiger partial charge in [0, 0.05) is 0 Å². The molecule has 0 N–H and O–H groups in total. The van der Waals surface area contributed by atoms with Crippen LogP contribution in [0.2, 0.25) is 19.1 Å². The molecule has 18 heavy (non-hydrogen) atoms. The zero-order chi connectivity index (χ0) is 13.6. The fourth-order valence-electron chi connectivity index (χ4n) is 1.77. The highest BCUT2D eigenvalue weighted by molar-refractivity contribution is 6.82. The van der Waals surface area contributed by atoms with Gasteiger partial charge in [0.25, 0.3) is 0 Å². The lowest BCUT2D eigenvalue weighted by molar-refractivity contribution is 0.296. The van der Waals surface area contributed by atoms with E-state index < -0.39 is 8.07 Å². The standard InChI is InChI=1S/C13H24N2O2Si/c1-6-16-12-9-14-13(17-7-2)11(15-12)10-18(4,5)8-3/h8,11H,3,6-7,9-10H2,1-2,4-5H3/t11-/m1/s1. The van der Waals surface area contributed by atoms with Gasteiger partial charge in [0.15, 0.2) is 0 Å². The smallest absolute Gasteiger partial charge is 0.209 e. The average molecular weight is 268 g/mol. The van der Waals surface area contributed by atoms with Crippen LogP contribution < -0.4 is 0 Å². The Labute approximate surface area is 111 Å². The van der Waals surface area contributed by atoms with E-state index in [0.717, 1.165) is 17.8 Å². The summed E-state index contributed by atoms with van der Waals surface area (Å²) in [6.45, 7) is 14.2. The monoisotopic (exact) mass is 268 g/mol. The first-order chi connectivity index (χ1) is 8.52. The first-order valence-electron chi connectivity index (χ1n) is 6.52. The van der Waals surface area contributed by atoms with Crippen molar-refractivity contribution in [3.8, 4) is 0 Å². The minimum Gasteiger partial charge on any atom is -0.480 e. The Kier molecular flexibility index (Phi) is 5.59. The van der Waals surface area contributed by atoms with Crippen molar-refractivity contribution in [2.24, 2.45) is 9.98 Å². The summed E-state index contributed by atoms with van der Waals surface area (Å²) in [6, 6.07) is 0.964. The van der Waals surface area contributed by atoms with Crippen molar-refractivity contribution < 1.29 is 9.47 Å². The highest BCUT2D eigenvalue weighted by Crippen LogP contribution is 2.19. The predicted octanol–water partition coefficient (Wildman–Crippen LogP) is 2.67. The van der Waals surface area contributed by atoms with E-state index in [1.54, 1.807) is 0 Å². The van der Waals surface area contributed by atoms with Crippen LogP contribution in [0.15, 0.2) is 22.3 Å². The van der Waals surface area contributed by atoms with Gasteiger partial charge in [-0.15, -0.1) is 12.3 Å². The summed E-state index contributed by atoms with van der Waals surface area (Å²) < 4.78 is 11.1. The molecule has 1 atom stereocenters. The largest absolute Gasteiger partial charge is 0.480 e. The number of hydrogen-bond donors (Lipinski definition) is 0. The van der Waals surface area contributed by atoms with Gasteiger partial charge in [0.2, 0.25) is 11.8 Å². The van der Waals surface area contributed by atoms with E-state index in [-0.39, 0.29) is 6.04 Å². The zero-order valence-corrected chi connectivity index (χ0v) is 12.9. The van der Waals surface area contributed by atoms with Crippen LogP contribution in [0.4, 0.5) is 0 Å². The van der Waals surface area contributed by atoms with Crippen molar-refractivity contribution in [2.45, 2.75) is 39.0 Å². The predicted molar refractivity (Wildman–Crippen MR) is 79.3 cm³/mol. The molecule has 0 spiro atoms. The van der Waals surface area contributed by atoms with Gasteiger partial charge < -0.3 is 9.47 Å². The Morgan fingerprint density at radius 2 is 2.00 bits per heavy atom. The van der Waals surface area contributed by atoms with Gasteiger partial charge in [-0.25, -0.2) is 9.98 Å². The first-order valence-corrected chi connectivity index (χ1v) is 9.81. The maximum Gasteiger partial charge on any atom is 0.209 e. The van der Waals surface area contributed by atoms with E-state index in [0.29, 0.717) is 19.8 Å².